The smallest absolute Gasteiger partial charge is 0.411 e. The Hall–Kier alpha value is -2.24. The molecule has 0 saturated carbocycles. The molecule has 1 N–H and O–H groups in total. The second-order valence-corrected chi connectivity index (χ2v) is 7.37. The molecular formula is C19H27NO5. The third-order valence-corrected chi connectivity index (χ3v) is 4.06. The first kappa shape index (κ1) is 19.1. The van der Waals surface area contributed by atoms with Crippen molar-refractivity contribution < 1.29 is 24.2 Å². The zero-order chi connectivity index (χ0) is 18.6. The Bertz CT molecular complexity index is 605. The number of hydrogen-bond donors (Lipinski definition) is 1. The Balaban J connectivity index is 2.03. The lowest BCUT2D eigenvalue weighted by molar-refractivity contribution is -0.142. The highest BCUT2D eigenvalue weighted by Crippen LogP contribution is 2.29. The van der Waals surface area contributed by atoms with Gasteiger partial charge in [0.2, 0.25) is 0 Å². The summed E-state index contributed by atoms with van der Waals surface area (Å²) in [5, 5.41) is 9.44. The summed E-state index contributed by atoms with van der Waals surface area (Å²) in [5.74, 6) is -0.0805. The largest absolute Gasteiger partial charge is 0.494 e. The fourth-order valence-electron chi connectivity index (χ4n) is 3.05. The molecule has 1 aromatic carbocycles. The summed E-state index contributed by atoms with van der Waals surface area (Å²) < 4.78 is 10.8. The van der Waals surface area contributed by atoms with Gasteiger partial charge in [-0.1, -0.05) is 12.1 Å². The first-order chi connectivity index (χ1) is 11.7. The van der Waals surface area contributed by atoms with Crippen molar-refractivity contribution in [1.29, 1.82) is 0 Å². The second kappa shape index (κ2) is 7.76. The van der Waals surface area contributed by atoms with Gasteiger partial charge < -0.3 is 14.6 Å². The normalized spacial score (nSPS) is 20.4. The predicted octanol–water partition coefficient (Wildman–Crippen LogP) is 3.34. The molecule has 0 bridgehead atoms. The van der Waals surface area contributed by atoms with Crippen LogP contribution in [0.4, 0.5) is 4.79 Å². The number of ether oxygens (including phenoxy) is 2. The molecule has 0 aliphatic carbocycles. The van der Waals surface area contributed by atoms with E-state index in [0.29, 0.717) is 19.6 Å². The average molecular weight is 349 g/mol. The Labute approximate surface area is 148 Å². The Morgan fingerprint density at radius 2 is 1.88 bits per heavy atom. The Kier molecular flexibility index (Phi) is 5.93. The minimum absolute atomic E-state index is 0.0894. The van der Waals surface area contributed by atoms with Crippen LogP contribution in [0.1, 0.15) is 39.7 Å². The molecule has 2 rings (SSSR count). The van der Waals surface area contributed by atoms with Crippen LogP contribution in [0.3, 0.4) is 0 Å². The standard InChI is InChI=1S/C19H27NO5/c1-5-24-15-8-6-13(7-9-15)10-14-11-16(17(21)22)20(12-14)18(23)25-19(2,3)4/h6-9,14,16H,5,10-12H2,1-4H3,(H,21,22)/t14?,16-/m0/s1. The number of carbonyl (C=O) groups is 2. The maximum absolute atomic E-state index is 12.3. The molecule has 138 valence electrons. The molecule has 1 unspecified atom stereocenters. The van der Waals surface area contributed by atoms with Gasteiger partial charge in [-0.25, -0.2) is 9.59 Å². The number of nitrogens with zero attached hydrogens (tertiary/aromatic N) is 1. The molecule has 1 fully saturated rings. The molecule has 6 nitrogen and oxygen atoms in total. The van der Waals surface area contributed by atoms with Crippen molar-refractivity contribution in [3.05, 3.63) is 29.8 Å². The van der Waals surface area contributed by atoms with E-state index in [9.17, 15) is 14.7 Å². The van der Waals surface area contributed by atoms with Gasteiger partial charge in [0.15, 0.2) is 0 Å². The summed E-state index contributed by atoms with van der Waals surface area (Å²) in [5.41, 5.74) is 0.455. The van der Waals surface area contributed by atoms with E-state index in [1.54, 1.807) is 20.8 Å². The first-order valence-electron chi connectivity index (χ1n) is 8.63. The molecule has 1 aliphatic rings. The van der Waals surface area contributed by atoms with Gasteiger partial charge in [0.25, 0.3) is 0 Å². The topological polar surface area (TPSA) is 76.1 Å². The molecule has 0 radical (unpaired) electrons. The molecule has 1 amide bonds. The molecule has 1 aliphatic heterocycles. The van der Waals surface area contributed by atoms with Gasteiger partial charge >= 0.3 is 12.1 Å². The molecule has 0 spiro atoms. The van der Waals surface area contributed by atoms with Crippen LogP contribution in [0.5, 0.6) is 5.75 Å². The zero-order valence-corrected chi connectivity index (χ0v) is 15.3. The van der Waals surface area contributed by atoms with Gasteiger partial charge in [-0.05, 0) is 64.2 Å². The van der Waals surface area contributed by atoms with Crippen molar-refractivity contribution in [3.63, 3.8) is 0 Å². The van der Waals surface area contributed by atoms with E-state index in [2.05, 4.69) is 0 Å². The average Bonchev–Trinajstić information content (AvgIpc) is 2.92. The van der Waals surface area contributed by atoms with Crippen LogP contribution in [0.15, 0.2) is 24.3 Å². The number of benzene rings is 1. The highest BCUT2D eigenvalue weighted by Gasteiger charge is 2.41. The van der Waals surface area contributed by atoms with Crippen LogP contribution in [0, 0.1) is 5.92 Å². The maximum atomic E-state index is 12.3. The molecule has 1 aromatic rings. The lowest BCUT2D eigenvalue weighted by Gasteiger charge is -2.26. The molecular weight excluding hydrogens is 322 g/mol. The summed E-state index contributed by atoms with van der Waals surface area (Å²) in [6.07, 6.45) is 0.589. The number of carboxylic acid groups (broad SMARTS) is 1. The highest BCUT2D eigenvalue weighted by atomic mass is 16.6. The Morgan fingerprint density at radius 1 is 1.24 bits per heavy atom. The van der Waals surface area contributed by atoms with Crippen LogP contribution in [-0.4, -0.2) is 46.9 Å². The minimum atomic E-state index is -0.986. The van der Waals surface area contributed by atoms with Gasteiger partial charge in [-0.3, -0.25) is 4.90 Å². The highest BCUT2D eigenvalue weighted by molar-refractivity contribution is 5.81. The fraction of sp³-hybridized carbons (Fsp3) is 0.579. The summed E-state index contributed by atoms with van der Waals surface area (Å²) in [7, 11) is 0. The van der Waals surface area contributed by atoms with Crippen molar-refractivity contribution in [2.24, 2.45) is 5.92 Å². The van der Waals surface area contributed by atoms with Gasteiger partial charge in [0.1, 0.15) is 17.4 Å². The van der Waals surface area contributed by atoms with Crippen LogP contribution < -0.4 is 4.74 Å². The van der Waals surface area contributed by atoms with Crippen LogP contribution >= 0.6 is 0 Å². The van der Waals surface area contributed by atoms with Crippen molar-refractivity contribution >= 4 is 12.1 Å². The van der Waals surface area contributed by atoms with E-state index >= 15 is 0 Å². The van der Waals surface area contributed by atoms with Crippen LogP contribution in [-0.2, 0) is 16.0 Å². The maximum Gasteiger partial charge on any atom is 0.411 e. The van der Waals surface area contributed by atoms with E-state index in [-0.39, 0.29) is 5.92 Å². The number of likely N-dealkylation sites (tertiary alicyclic amines) is 1. The SMILES string of the molecule is CCOc1ccc(CC2C[C@@H](C(=O)O)N(C(=O)OC(C)(C)C)C2)cc1. The number of hydrogen-bond acceptors (Lipinski definition) is 4. The third kappa shape index (κ3) is 5.37. The summed E-state index contributed by atoms with van der Waals surface area (Å²) in [4.78, 5) is 25.2. The monoisotopic (exact) mass is 349 g/mol. The molecule has 6 heteroatoms. The zero-order valence-electron chi connectivity index (χ0n) is 15.3. The number of aliphatic carboxylic acids is 1. The molecule has 2 atom stereocenters. The number of amides is 1. The van der Waals surface area contributed by atoms with Gasteiger partial charge in [0.05, 0.1) is 6.61 Å². The first-order valence-corrected chi connectivity index (χ1v) is 8.63. The number of carbonyl (C=O) groups excluding carboxylic acids is 1. The van der Waals surface area contributed by atoms with Gasteiger partial charge in [-0.15, -0.1) is 0 Å². The number of carboxylic acids is 1. The van der Waals surface area contributed by atoms with E-state index in [1.165, 1.54) is 4.90 Å². The van der Waals surface area contributed by atoms with Crippen LogP contribution in [0.2, 0.25) is 0 Å². The Morgan fingerprint density at radius 3 is 2.40 bits per heavy atom. The predicted molar refractivity (Wildman–Crippen MR) is 93.8 cm³/mol. The van der Waals surface area contributed by atoms with E-state index < -0.39 is 23.7 Å². The van der Waals surface area contributed by atoms with Gasteiger partial charge in [0, 0.05) is 6.54 Å². The molecule has 0 aromatic heterocycles. The van der Waals surface area contributed by atoms with Gasteiger partial charge in [-0.2, -0.15) is 0 Å². The lowest BCUT2D eigenvalue weighted by atomic mass is 9.97. The molecule has 25 heavy (non-hydrogen) atoms. The quantitative estimate of drug-likeness (QED) is 0.882. The summed E-state index contributed by atoms with van der Waals surface area (Å²) in [6.45, 7) is 8.26. The minimum Gasteiger partial charge on any atom is -0.494 e. The van der Waals surface area contributed by atoms with Crippen molar-refractivity contribution in [1.82, 2.24) is 4.90 Å². The third-order valence-electron chi connectivity index (χ3n) is 4.06. The van der Waals surface area contributed by atoms with Crippen molar-refractivity contribution in [2.75, 3.05) is 13.2 Å². The molecule has 1 saturated heterocycles. The summed E-state index contributed by atoms with van der Waals surface area (Å²) >= 11 is 0. The lowest BCUT2D eigenvalue weighted by Crippen LogP contribution is -2.43. The molecule has 1 heterocycles. The van der Waals surface area contributed by atoms with E-state index in [4.69, 9.17) is 9.47 Å². The fourth-order valence-corrected chi connectivity index (χ4v) is 3.05. The van der Waals surface area contributed by atoms with E-state index in [1.807, 2.05) is 31.2 Å². The van der Waals surface area contributed by atoms with Crippen molar-refractivity contribution in [2.45, 2.75) is 52.2 Å². The summed E-state index contributed by atoms with van der Waals surface area (Å²) in [6, 6.07) is 6.96. The van der Waals surface area contributed by atoms with Crippen LogP contribution in [0.25, 0.3) is 0 Å². The second-order valence-electron chi connectivity index (χ2n) is 7.37. The van der Waals surface area contributed by atoms with E-state index in [0.717, 1.165) is 17.7 Å². The number of rotatable bonds is 5. The van der Waals surface area contributed by atoms with Crippen molar-refractivity contribution in [3.8, 4) is 5.75 Å².